The van der Waals surface area contributed by atoms with Crippen molar-refractivity contribution in [3.05, 3.63) is 50.5 Å². The number of halogens is 4. The van der Waals surface area contributed by atoms with Crippen molar-refractivity contribution in [3.63, 3.8) is 0 Å². The average molecular weight is 337 g/mol. The Hall–Kier alpha value is -1.86. The molecule has 2 heterocycles. The van der Waals surface area contributed by atoms with Crippen molar-refractivity contribution in [1.29, 1.82) is 0 Å². The molecule has 112 valence electrons. The number of hydrogen-bond donors (Lipinski definition) is 1. The zero-order valence-corrected chi connectivity index (χ0v) is 11.8. The van der Waals surface area contributed by atoms with E-state index in [0.29, 0.717) is 0 Å². The maximum absolute atomic E-state index is 13.4. The van der Waals surface area contributed by atoms with Gasteiger partial charge in [-0.3, -0.25) is 9.59 Å². The summed E-state index contributed by atoms with van der Waals surface area (Å²) in [6.45, 7) is -1.17. The molecule has 1 N–H and O–H groups in total. The Kier molecular flexibility index (Phi) is 4.64. The first-order chi connectivity index (χ1) is 9.92. The quantitative estimate of drug-likeness (QED) is 0.932. The predicted molar refractivity (Wildman–Crippen MR) is 73.3 cm³/mol. The Morgan fingerprint density at radius 3 is 2.67 bits per heavy atom. The number of alkyl halides is 1. The molecule has 0 aliphatic heterocycles. The molecule has 0 unspecified atom stereocenters. The Labute approximate surface area is 127 Å². The van der Waals surface area contributed by atoms with Gasteiger partial charge < -0.3 is 14.3 Å². The van der Waals surface area contributed by atoms with Crippen molar-refractivity contribution in [2.24, 2.45) is 0 Å². The van der Waals surface area contributed by atoms with Crippen LogP contribution in [0.25, 0.3) is 0 Å². The van der Waals surface area contributed by atoms with Gasteiger partial charge in [-0.25, -0.2) is 8.78 Å². The minimum Gasteiger partial charge on any atom is -0.438 e. The third kappa shape index (κ3) is 3.43. The van der Waals surface area contributed by atoms with Crippen molar-refractivity contribution in [1.82, 2.24) is 4.57 Å². The summed E-state index contributed by atoms with van der Waals surface area (Å²) in [5, 5.41) is 2.19. The van der Waals surface area contributed by atoms with Crippen LogP contribution in [0.3, 0.4) is 0 Å². The van der Waals surface area contributed by atoms with Gasteiger partial charge in [-0.05, 0) is 11.6 Å². The van der Waals surface area contributed by atoms with E-state index in [-0.39, 0.29) is 28.2 Å². The molecule has 2 aromatic rings. The van der Waals surface area contributed by atoms with Gasteiger partial charge >= 0.3 is 0 Å². The van der Waals surface area contributed by atoms with Crippen molar-refractivity contribution >= 4 is 34.8 Å². The maximum Gasteiger partial charge on any atom is 0.291 e. The van der Waals surface area contributed by atoms with E-state index in [1.807, 2.05) is 0 Å². The molecular formula is C12H8Cl2F2N2O3. The zero-order valence-electron chi connectivity index (χ0n) is 10.3. The van der Waals surface area contributed by atoms with Crippen LogP contribution in [-0.4, -0.2) is 17.1 Å². The number of furan rings is 1. The lowest BCUT2D eigenvalue weighted by molar-refractivity contribution is 0.0996. The molecule has 21 heavy (non-hydrogen) atoms. The van der Waals surface area contributed by atoms with E-state index >= 15 is 0 Å². The van der Waals surface area contributed by atoms with E-state index in [9.17, 15) is 18.4 Å². The van der Waals surface area contributed by atoms with Crippen LogP contribution < -0.4 is 10.9 Å². The van der Waals surface area contributed by atoms with E-state index in [2.05, 4.69) is 5.32 Å². The van der Waals surface area contributed by atoms with Gasteiger partial charge in [0.1, 0.15) is 6.67 Å². The van der Waals surface area contributed by atoms with Gasteiger partial charge in [0.25, 0.3) is 11.5 Å². The van der Waals surface area contributed by atoms with Crippen molar-refractivity contribution in [2.45, 2.75) is 6.54 Å². The summed E-state index contributed by atoms with van der Waals surface area (Å²) in [6, 6.07) is 2.01. The van der Waals surface area contributed by atoms with Crippen LogP contribution in [0.4, 0.5) is 14.5 Å². The molecule has 0 saturated carbocycles. The highest BCUT2D eigenvalue weighted by atomic mass is 35.5. The highest BCUT2D eigenvalue weighted by Gasteiger charge is 2.16. The Morgan fingerprint density at radius 2 is 2.10 bits per heavy atom. The molecule has 0 saturated heterocycles. The first-order valence-corrected chi connectivity index (χ1v) is 6.40. The summed E-state index contributed by atoms with van der Waals surface area (Å²) in [4.78, 5) is 23.2. The fraction of sp³-hybridized carbons (Fsp3) is 0.167. The Balaban J connectivity index is 2.27. The lowest BCUT2D eigenvalue weighted by atomic mass is 10.3. The number of aryl methyl sites for hydroxylation is 1. The highest BCUT2D eigenvalue weighted by molar-refractivity contribution is 6.41. The minimum atomic E-state index is -1.11. The number of aromatic nitrogens is 1. The Morgan fingerprint density at radius 1 is 1.38 bits per heavy atom. The van der Waals surface area contributed by atoms with Crippen molar-refractivity contribution in [2.75, 3.05) is 12.0 Å². The van der Waals surface area contributed by atoms with Crippen LogP contribution in [-0.2, 0) is 6.54 Å². The van der Waals surface area contributed by atoms with Crippen molar-refractivity contribution in [3.8, 4) is 0 Å². The molecule has 9 heteroatoms. The van der Waals surface area contributed by atoms with Gasteiger partial charge in [-0.2, -0.15) is 0 Å². The number of hydrogen-bond acceptors (Lipinski definition) is 3. The second-order valence-electron chi connectivity index (χ2n) is 3.95. The molecule has 2 rings (SSSR count). The topological polar surface area (TPSA) is 64.2 Å². The summed E-state index contributed by atoms with van der Waals surface area (Å²) >= 11 is 11.2. The molecule has 0 aromatic carbocycles. The van der Waals surface area contributed by atoms with Crippen LogP contribution in [0.2, 0.25) is 10.2 Å². The SMILES string of the molecule is O=C(Nc1cc(F)c(=O)n(CCF)c1)c1cc(Cl)c(Cl)o1. The molecule has 0 aliphatic carbocycles. The van der Waals surface area contributed by atoms with Crippen LogP contribution in [0.5, 0.6) is 0 Å². The minimum absolute atomic E-state index is 0.0332. The van der Waals surface area contributed by atoms with Gasteiger partial charge in [-0.1, -0.05) is 11.6 Å². The van der Waals surface area contributed by atoms with Gasteiger partial charge in [0.05, 0.1) is 17.3 Å². The number of amides is 1. The van der Waals surface area contributed by atoms with Crippen LogP contribution in [0, 0.1) is 5.82 Å². The van der Waals surface area contributed by atoms with Gasteiger partial charge in [0, 0.05) is 18.3 Å². The molecule has 5 nitrogen and oxygen atoms in total. The first-order valence-electron chi connectivity index (χ1n) is 5.64. The molecule has 0 aliphatic rings. The van der Waals surface area contributed by atoms with Crippen LogP contribution in [0.15, 0.2) is 27.5 Å². The number of nitrogens with zero attached hydrogens (tertiary/aromatic N) is 1. The largest absolute Gasteiger partial charge is 0.438 e. The lowest BCUT2D eigenvalue weighted by Gasteiger charge is -2.07. The number of carbonyl (C=O) groups excluding carboxylic acids is 1. The standard InChI is InChI=1S/C12H8Cl2F2N2O3/c13-7-4-9(21-10(7)14)11(19)17-6-3-8(16)12(20)18(5-6)2-1-15/h3-5H,1-2H2,(H,17,19). The molecule has 0 fully saturated rings. The number of carbonyl (C=O) groups is 1. The fourth-order valence-corrected chi connectivity index (χ4v) is 1.85. The fourth-order valence-electron chi connectivity index (χ4n) is 1.58. The normalized spacial score (nSPS) is 10.7. The van der Waals surface area contributed by atoms with Gasteiger partial charge in [0.2, 0.25) is 5.22 Å². The number of pyridine rings is 1. The van der Waals surface area contributed by atoms with Crippen LogP contribution >= 0.6 is 23.2 Å². The van der Waals surface area contributed by atoms with E-state index in [0.717, 1.165) is 16.8 Å². The molecule has 2 aromatic heterocycles. The summed E-state index contributed by atoms with van der Waals surface area (Å²) in [7, 11) is 0. The summed E-state index contributed by atoms with van der Waals surface area (Å²) in [6.07, 6.45) is 1.12. The van der Waals surface area contributed by atoms with Crippen molar-refractivity contribution < 1.29 is 18.0 Å². The smallest absolute Gasteiger partial charge is 0.291 e. The molecule has 1 amide bonds. The molecule has 0 bridgehead atoms. The summed E-state index contributed by atoms with van der Waals surface area (Å²) in [5.74, 6) is -2.04. The lowest BCUT2D eigenvalue weighted by Crippen LogP contribution is -2.24. The third-order valence-electron chi connectivity index (χ3n) is 2.49. The Bertz CT molecular complexity index is 723. The molecular weight excluding hydrogens is 329 g/mol. The first kappa shape index (κ1) is 15.5. The van der Waals surface area contributed by atoms with Gasteiger partial charge in [-0.15, -0.1) is 0 Å². The van der Waals surface area contributed by atoms with E-state index < -0.39 is 24.0 Å². The maximum atomic E-state index is 13.4. The number of rotatable bonds is 4. The molecule has 0 spiro atoms. The second-order valence-corrected chi connectivity index (χ2v) is 4.70. The van der Waals surface area contributed by atoms with Gasteiger partial charge in [0.15, 0.2) is 11.6 Å². The number of anilines is 1. The highest BCUT2D eigenvalue weighted by Crippen LogP contribution is 2.26. The monoisotopic (exact) mass is 336 g/mol. The predicted octanol–water partition coefficient (Wildman–Crippen LogP) is 3.11. The third-order valence-corrected chi connectivity index (χ3v) is 3.15. The van der Waals surface area contributed by atoms with E-state index in [4.69, 9.17) is 27.6 Å². The van der Waals surface area contributed by atoms with E-state index in [1.54, 1.807) is 0 Å². The molecule has 0 radical (unpaired) electrons. The summed E-state index contributed by atoms with van der Waals surface area (Å²) in [5.41, 5.74) is -1.01. The number of nitrogens with one attached hydrogen (secondary N) is 1. The second kappa shape index (κ2) is 6.28. The van der Waals surface area contributed by atoms with E-state index in [1.165, 1.54) is 6.07 Å². The summed E-state index contributed by atoms with van der Waals surface area (Å²) < 4.78 is 31.4. The zero-order chi connectivity index (χ0) is 15.6. The molecule has 0 atom stereocenters. The van der Waals surface area contributed by atoms with Crippen LogP contribution in [0.1, 0.15) is 10.6 Å². The average Bonchev–Trinajstić information content (AvgIpc) is 2.76.